The molecule has 0 unspecified atom stereocenters. The summed E-state index contributed by atoms with van der Waals surface area (Å²) in [6, 6.07) is 9.55. The van der Waals surface area contributed by atoms with E-state index in [1.807, 2.05) is 6.07 Å². The highest BCUT2D eigenvalue weighted by atomic mass is 32.2. The Labute approximate surface area is 138 Å². The van der Waals surface area contributed by atoms with Gasteiger partial charge in [-0.1, -0.05) is 18.2 Å². The molecule has 23 heavy (non-hydrogen) atoms. The van der Waals surface area contributed by atoms with E-state index in [1.165, 1.54) is 18.5 Å². The molecule has 0 amide bonds. The molecule has 2 rings (SSSR count). The number of rotatable bonds is 5. The van der Waals surface area contributed by atoms with Crippen molar-refractivity contribution in [1.82, 2.24) is 4.90 Å². The molecule has 0 saturated heterocycles. The van der Waals surface area contributed by atoms with Gasteiger partial charge in [0.15, 0.2) is 6.29 Å². The first-order valence-electron chi connectivity index (χ1n) is 6.44. The molecule has 0 aliphatic heterocycles. The molecule has 0 fully saturated rings. The van der Waals surface area contributed by atoms with Gasteiger partial charge < -0.3 is 4.90 Å². The molecule has 2 aromatic rings. The third-order valence-electron chi connectivity index (χ3n) is 2.82. The Morgan fingerprint density at radius 1 is 1.26 bits per heavy atom. The first-order chi connectivity index (χ1) is 10.9. The van der Waals surface area contributed by atoms with Crippen molar-refractivity contribution in [3.63, 3.8) is 0 Å². The van der Waals surface area contributed by atoms with Crippen LogP contribution in [0.1, 0.15) is 15.2 Å². The van der Waals surface area contributed by atoms with E-state index in [-0.39, 0.29) is 25.2 Å². The van der Waals surface area contributed by atoms with Crippen LogP contribution in [0.5, 0.6) is 0 Å². The minimum atomic E-state index is -3.97. The number of aldehydes is 1. The normalized spacial score (nSPS) is 11.3. The van der Waals surface area contributed by atoms with Crippen molar-refractivity contribution in [3.8, 4) is 6.07 Å². The van der Waals surface area contributed by atoms with E-state index >= 15 is 0 Å². The minimum Gasteiger partial charge on any atom is -0.369 e. The van der Waals surface area contributed by atoms with Crippen molar-refractivity contribution in [3.05, 3.63) is 40.8 Å². The molecule has 0 aliphatic carbocycles. The lowest BCUT2D eigenvalue weighted by molar-refractivity contribution is 0.112. The third-order valence-corrected chi connectivity index (χ3v) is 5.82. The van der Waals surface area contributed by atoms with Crippen molar-refractivity contribution in [2.24, 2.45) is 4.99 Å². The number of hydrogen-bond donors (Lipinski definition) is 0. The standard InChI is InChI=1S/C15H13N3O3S2/c1-18(2)10-17-15-12(8-16)14(13(9-19)22-15)23(20,21)11-6-4-3-5-7-11/h3-7,9-10H,1-2H3. The Kier molecular flexibility index (Phi) is 4.93. The first kappa shape index (κ1) is 16.9. The summed E-state index contributed by atoms with van der Waals surface area (Å²) in [6.45, 7) is 0. The number of nitriles is 1. The summed E-state index contributed by atoms with van der Waals surface area (Å²) >= 11 is 0.880. The van der Waals surface area contributed by atoms with Crippen molar-refractivity contribution in [2.75, 3.05) is 14.1 Å². The average Bonchev–Trinajstić information content (AvgIpc) is 2.92. The first-order valence-corrected chi connectivity index (χ1v) is 8.74. The van der Waals surface area contributed by atoms with Crippen LogP contribution in [0.25, 0.3) is 0 Å². The van der Waals surface area contributed by atoms with Crippen molar-refractivity contribution >= 4 is 38.8 Å². The number of nitrogens with zero attached hydrogens (tertiary/aromatic N) is 3. The fourth-order valence-electron chi connectivity index (χ4n) is 1.84. The second-order valence-corrected chi connectivity index (χ2v) is 7.65. The van der Waals surface area contributed by atoms with Gasteiger partial charge in [-0.3, -0.25) is 4.79 Å². The number of carbonyl (C=O) groups is 1. The number of hydrogen-bond acceptors (Lipinski definition) is 6. The Morgan fingerprint density at radius 2 is 1.91 bits per heavy atom. The van der Waals surface area contributed by atoms with Crippen LogP contribution in [-0.2, 0) is 9.84 Å². The Balaban J connectivity index is 2.72. The smallest absolute Gasteiger partial charge is 0.209 e. The van der Waals surface area contributed by atoms with Crippen molar-refractivity contribution in [1.29, 1.82) is 5.26 Å². The Morgan fingerprint density at radius 3 is 2.43 bits per heavy atom. The summed E-state index contributed by atoms with van der Waals surface area (Å²) in [5, 5.41) is 9.56. The molecular weight excluding hydrogens is 334 g/mol. The summed E-state index contributed by atoms with van der Waals surface area (Å²) in [4.78, 5) is 16.7. The molecule has 0 atom stereocenters. The number of sulfone groups is 1. The molecule has 1 heterocycles. The molecule has 0 radical (unpaired) electrons. The lowest BCUT2D eigenvalue weighted by Gasteiger charge is -2.04. The maximum atomic E-state index is 12.8. The van der Waals surface area contributed by atoms with Crippen LogP contribution in [0, 0.1) is 11.3 Å². The second kappa shape index (κ2) is 6.73. The molecule has 0 bridgehead atoms. The van der Waals surface area contributed by atoms with E-state index in [9.17, 15) is 18.5 Å². The summed E-state index contributed by atoms with van der Waals surface area (Å²) in [5.74, 6) is 0. The highest BCUT2D eigenvalue weighted by molar-refractivity contribution is 7.91. The van der Waals surface area contributed by atoms with E-state index in [4.69, 9.17) is 0 Å². The SMILES string of the molecule is CN(C)C=Nc1sc(C=O)c(S(=O)(=O)c2ccccc2)c1C#N. The summed E-state index contributed by atoms with van der Waals surface area (Å²) < 4.78 is 25.6. The maximum absolute atomic E-state index is 12.8. The molecule has 6 nitrogen and oxygen atoms in total. The second-order valence-electron chi connectivity index (χ2n) is 4.73. The van der Waals surface area contributed by atoms with Crippen LogP contribution in [0.15, 0.2) is 45.1 Å². The van der Waals surface area contributed by atoms with Gasteiger partial charge in [-0.25, -0.2) is 13.4 Å². The van der Waals surface area contributed by atoms with Crippen LogP contribution in [0.2, 0.25) is 0 Å². The number of aliphatic imine (C=N–C) groups is 1. The van der Waals surface area contributed by atoms with Gasteiger partial charge in [-0.05, 0) is 12.1 Å². The van der Waals surface area contributed by atoms with Crippen molar-refractivity contribution < 1.29 is 13.2 Å². The van der Waals surface area contributed by atoms with Crippen LogP contribution < -0.4 is 0 Å². The third kappa shape index (κ3) is 3.31. The van der Waals surface area contributed by atoms with Crippen LogP contribution in [0.3, 0.4) is 0 Å². The fourth-order valence-corrected chi connectivity index (χ4v) is 4.64. The molecule has 8 heteroatoms. The minimum absolute atomic E-state index is 0.0283. The van der Waals surface area contributed by atoms with Gasteiger partial charge in [0.25, 0.3) is 0 Å². The van der Waals surface area contributed by atoms with Gasteiger partial charge in [-0.15, -0.1) is 11.3 Å². The highest BCUT2D eigenvalue weighted by Crippen LogP contribution is 2.39. The Hall–Kier alpha value is -2.50. The van der Waals surface area contributed by atoms with E-state index in [0.717, 1.165) is 11.3 Å². The fraction of sp³-hybridized carbons (Fsp3) is 0.133. The predicted molar refractivity (Wildman–Crippen MR) is 88.2 cm³/mol. The lowest BCUT2D eigenvalue weighted by atomic mass is 10.3. The van der Waals surface area contributed by atoms with Crippen LogP contribution in [0.4, 0.5) is 5.00 Å². The van der Waals surface area contributed by atoms with Crippen LogP contribution >= 0.6 is 11.3 Å². The van der Waals surface area contributed by atoms with Gasteiger partial charge in [0.2, 0.25) is 9.84 Å². The molecule has 118 valence electrons. The maximum Gasteiger partial charge on any atom is 0.209 e. The van der Waals surface area contributed by atoms with Gasteiger partial charge in [0.05, 0.1) is 16.1 Å². The van der Waals surface area contributed by atoms with Crippen LogP contribution in [-0.4, -0.2) is 40.0 Å². The van der Waals surface area contributed by atoms with E-state index in [2.05, 4.69) is 4.99 Å². The number of benzene rings is 1. The van der Waals surface area contributed by atoms with Gasteiger partial charge in [0.1, 0.15) is 21.5 Å². The zero-order chi connectivity index (χ0) is 17.0. The lowest BCUT2D eigenvalue weighted by Crippen LogP contribution is -2.07. The molecular formula is C15H13N3O3S2. The monoisotopic (exact) mass is 347 g/mol. The topological polar surface area (TPSA) is 90.6 Å². The largest absolute Gasteiger partial charge is 0.369 e. The van der Waals surface area contributed by atoms with Crippen molar-refractivity contribution in [2.45, 2.75) is 9.79 Å². The summed E-state index contributed by atoms with van der Waals surface area (Å²) in [6.07, 6.45) is 1.89. The van der Waals surface area contributed by atoms with Gasteiger partial charge >= 0.3 is 0 Å². The average molecular weight is 347 g/mol. The quantitative estimate of drug-likeness (QED) is 0.471. The molecule has 1 aromatic heterocycles. The van der Waals surface area contributed by atoms with E-state index in [1.54, 1.807) is 37.2 Å². The molecule has 0 aliphatic rings. The van der Waals surface area contributed by atoms with Gasteiger partial charge in [-0.2, -0.15) is 5.26 Å². The number of thiophene rings is 1. The van der Waals surface area contributed by atoms with E-state index < -0.39 is 9.84 Å². The molecule has 1 aromatic carbocycles. The Bertz CT molecular complexity index is 892. The van der Waals surface area contributed by atoms with E-state index in [0.29, 0.717) is 6.29 Å². The summed E-state index contributed by atoms with van der Waals surface area (Å²) in [5.41, 5.74) is -0.112. The zero-order valence-corrected chi connectivity index (χ0v) is 14.1. The predicted octanol–water partition coefficient (Wildman–Crippen LogP) is 2.49. The zero-order valence-electron chi connectivity index (χ0n) is 12.4. The molecule has 0 spiro atoms. The highest BCUT2D eigenvalue weighted by Gasteiger charge is 2.29. The number of carbonyl (C=O) groups excluding carboxylic acids is 1. The summed E-state index contributed by atoms with van der Waals surface area (Å²) in [7, 11) is -0.490. The molecule has 0 N–H and O–H groups in total. The van der Waals surface area contributed by atoms with Gasteiger partial charge in [0, 0.05) is 14.1 Å². The molecule has 0 saturated carbocycles.